The average Bonchev–Trinajstić information content (AvgIpc) is 2.47. The molecule has 1 aliphatic heterocycles. The SMILES string of the molecule is O=c1[nH]c(N2CCCC(CO)C2)cc2ccccc12. The van der Waals surface area contributed by atoms with Gasteiger partial charge in [0.15, 0.2) is 0 Å². The molecule has 1 aromatic heterocycles. The molecule has 1 saturated heterocycles. The second kappa shape index (κ2) is 5.05. The summed E-state index contributed by atoms with van der Waals surface area (Å²) in [6, 6.07) is 9.64. The lowest BCUT2D eigenvalue weighted by Gasteiger charge is -2.33. The predicted octanol–water partition coefficient (Wildman–Crippen LogP) is 1.74. The topological polar surface area (TPSA) is 56.3 Å². The number of hydrogen-bond acceptors (Lipinski definition) is 3. The minimum Gasteiger partial charge on any atom is -0.396 e. The largest absolute Gasteiger partial charge is 0.396 e. The normalized spacial score (nSPS) is 19.8. The standard InChI is InChI=1S/C15H18N2O2/c18-10-11-4-3-7-17(9-11)14-8-12-5-1-2-6-13(12)15(19)16-14/h1-2,5-6,8,11,18H,3-4,7,9-10H2,(H,16,19). The zero-order valence-corrected chi connectivity index (χ0v) is 10.8. The molecule has 4 nitrogen and oxygen atoms in total. The van der Waals surface area contributed by atoms with E-state index in [4.69, 9.17) is 0 Å². The minimum absolute atomic E-state index is 0.0424. The van der Waals surface area contributed by atoms with E-state index < -0.39 is 0 Å². The molecule has 2 N–H and O–H groups in total. The van der Waals surface area contributed by atoms with Crippen LogP contribution in [-0.2, 0) is 0 Å². The van der Waals surface area contributed by atoms with Gasteiger partial charge in [0.2, 0.25) is 0 Å². The summed E-state index contributed by atoms with van der Waals surface area (Å²) in [5.74, 6) is 1.17. The molecule has 0 radical (unpaired) electrons. The van der Waals surface area contributed by atoms with Crippen molar-refractivity contribution in [2.75, 3.05) is 24.6 Å². The van der Waals surface area contributed by atoms with Gasteiger partial charge in [-0.2, -0.15) is 0 Å². The second-order valence-corrected chi connectivity index (χ2v) is 5.21. The Balaban J connectivity index is 1.99. The van der Waals surface area contributed by atoms with Crippen molar-refractivity contribution in [3.8, 4) is 0 Å². The van der Waals surface area contributed by atoms with Crippen LogP contribution in [0.5, 0.6) is 0 Å². The van der Waals surface area contributed by atoms with Gasteiger partial charge < -0.3 is 15.0 Å². The number of aromatic amines is 1. The number of aliphatic hydroxyl groups excluding tert-OH is 1. The number of fused-ring (bicyclic) bond motifs is 1. The molecule has 1 unspecified atom stereocenters. The van der Waals surface area contributed by atoms with E-state index in [0.29, 0.717) is 5.92 Å². The van der Waals surface area contributed by atoms with Crippen molar-refractivity contribution in [3.05, 3.63) is 40.7 Å². The monoisotopic (exact) mass is 258 g/mol. The molecule has 2 heterocycles. The summed E-state index contributed by atoms with van der Waals surface area (Å²) in [5, 5.41) is 11.0. The van der Waals surface area contributed by atoms with Crippen LogP contribution in [-0.4, -0.2) is 29.8 Å². The third-order valence-electron chi connectivity index (χ3n) is 3.86. The van der Waals surface area contributed by atoms with E-state index in [2.05, 4.69) is 9.88 Å². The molecule has 0 aliphatic carbocycles. The van der Waals surface area contributed by atoms with E-state index in [9.17, 15) is 9.90 Å². The number of rotatable bonds is 2. The van der Waals surface area contributed by atoms with Gasteiger partial charge >= 0.3 is 0 Å². The zero-order valence-electron chi connectivity index (χ0n) is 10.8. The van der Waals surface area contributed by atoms with Gasteiger partial charge in [0.05, 0.1) is 0 Å². The molecule has 1 fully saturated rings. The summed E-state index contributed by atoms with van der Waals surface area (Å²) in [6.45, 7) is 1.96. The molecule has 1 atom stereocenters. The van der Waals surface area contributed by atoms with Crippen LogP contribution in [0.1, 0.15) is 12.8 Å². The lowest BCUT2D eigenvalue weighted by molar-refractivity contribution is 0.208. The number of anilines is 1. The molecule has 0 spiro atoms. The molecule has 0 amide bonds. The van der Waals surface area contributed by atoms with Crippen LogP contribution in [0.2, 0.25) is 0 Å². The average molecular weight is 258 g/mol. The fraction of sp³-hybridized carbons (Fsp3) is 0.400. The van der Waals surface area contributed by atoms with Crippen molar-refractivity contribution in [2.24, 2.45) is 5.92 Å². The number of hydrogen-bond donors (Lipinski definition) is 2. The van der Waals surface area contributed by atoms with Gasteiger partial charge in [0, 0.05) is 25.1 Å². The highest BCUT2D eigenvalue weighted by atomic mass is 16.3. The van der Waals surface area contributed by atoms with Crippen LogP contribution >= 0.6 is 0 Å². The lowest BCUT2D eigenvalue weighted by atomic mass is 9.99. The fourth-order valence-electron chi connectivity index (χ4n) is 2.80. The Kier molecular flexibility index (Phi) is 3.25. The Hall–Kier alpha value is -1.81. The molecule has 3 rings (SSSR count). The summed E-state index contributed by atoms with van der Waals surface area (Å²) in [5.41, 5.74) is -0.0424. The summed E-state index contributed by atoms with van der Waals surface area (Å²) in [7, 11) is 0. The number of pyridine rings is 1. The van der Waals surface area contributed by atoms with Crippen LogP contribution in [0.3, 0.4) is 0 Å². The second-order valence-electron chi connectivity index (χ2n) is 5.21. The maximum absolute atomic E-state index is 12.1. The molecular formula is C15H18N2O2. The van der Waals surface area contributed by atoms with Crippen molar-refractivity contribution in [3.63, 3.8) is 0 Å². The number of nitrogens with one attached hydrogen (secondary N) is 1. The van der Waals surface area contributed by atoms with E-state index in [-0.39, 0.29) is 12.2 Å². The number of piperidine rings is 1. The first-order valence-electron chi connectivity index (χ1n) is 6.76. The summed E-state index contributed by atoms with van der Waals surface area (Å²) >= 11 is 0. The molecule has 4 heteroatoms. The Bertz CT molecular complexity index is 635. The van der Waals surface area contributed by atoms with Crippen molar-refractivity contribution in [2.45, 2.75) is 12.8 Å². The Morgan fingerprint density at radius 3 is 3.05 bits per heavy atom. The molecule has 1 aliphatic rings. The maximum Gasteiger partial charge on any atom is 0.257 e. The summed E-state index contributed by atoms with van der Waals surface area (Å²) in [4.78, 5) is 17.2. The maximum atomic E-state index is 12.1. The van der Waals surface area contributed by atoms with Crippen LogP contribution in [0.4, 0.5) is 5.82 Å². The molecule has 1 aromatic carbocycles. The van der Waals surface area contributed by atoms with Crippen LogP contribution in [0.15, 0.2) is 35.1 Å². The fourth-order valence-corrected chi connectivity index (χ4v) is 2.80. The van der Waals surface area contributed by atoms with Gasteiger partial charge in [0.1, 0.15) is 5.82 Å². The van der Waals surface area contributed by atoms with Crippen LogP contribution in [0, 0.1) is 5.92 Å². The third kappa shape index (κ3) is 2.36. The molecule has 2 aromatic rings. The van der Waals surface area contributed by atoms with Crippen molar-refractivity contribution < 1.29 is 5.11 Å². The first-order chi connectivity index (χ1) is 9.28. The highest BCUT2D eigenvalue weighted by Crippen LogP contribution is 2.22. The predicted molar refractivity (Wildman–Crippen MR) is 76.6 cm³/mol. The first-order valence-corrected chi connectivity index (χ1v) is 6.76. The van der Waals surface area contributed by atoms with E-state index in [0.717, 1.165) is 42.5 Å². The van der Waals surface area contributed by atoms with Gasteiger partial charge in [-0.3, -0.25) is 4.79 Å². The van der Waals surface area contributed by atoms with Crippen LogP contribution < -0.4 is 10.5 Å². The van der Waals surface area contributed by atoms with Gasteiger partial charge in [-0.25, -0.2) is 0 Å². The van der Waals surface area contributed by atoms with Gasteiger partial charge in [-0.05, 0) is 36.3 Å². The molecule has 100 valence electrons. The lowest BCUT2D eigenvalue weighted by Crippen LogP contribution is -2.38. The summed E-state index contributed by atoms with van der Waals surface area (Å²) in [6.07, 6.45) is 2.12. The van der Waals surface area contributed by atoms with Crippen LogP contribution in [0.25, 0.3) is 10.8 Å². The number of H-pyrrole nitrogens is 1. The number of benzene rings is 1. The van der Waals surface area contributed by atoms with E-state index in [1.807, 2.05) is 30.3 Å². The molecular weight excluding hydrogens is 240 g/mol. The molecule has 0 bridgehead atoms. The Labute approximate surface area is 111 Å². The Morgan fingerprint density at radius 1 is 1.37 bits per heavy atom. The van der Waals surface area contributed by atoms with Gasteiger partial charge in [0.25, 0.3) is 5.56 Å². The quantitative estimate of drug-likeness (QED) is 0.862. The number of aromatic nitrogens is 1. The number of nitrogens with zero attached hydrogens (tertiary/aromatic N) is 1. The molecule has 0 saturated carbocycles. The third-order valence-corrected chi connectivity index (χ3v) is 3.86. The molecule has 19 heavy (non-hydrogen) atoms. The minimum atomic E-state index is -0.0424. The highest BCUT2D eigenvalue weighted by Gasteiger charge is 2.20. The van der Waals surface area contributed by atoms with Gasteiger partial charge in [-0.1, -0.05) is 18.2 Å². The van der Waals surface area contributed by atoms with E-state index in [1.165, 1.54) is 0 Å². The van der Waals surface area contributed by atoms with Crippen molar-refractivity contribution in [1.29, 1.82) is 0 Å². The number of aliphatic hydroxyl groups is 1. The highest BCUT2D eigenvalue weighted by molar-refractivity contribution is 5.83. The van der Waals surface area contributed by atoms with Gasteiger partial charge in [-0.15, -0.1) is 0 Å². The van der Waals surface area contributed by atoms with E-state index in [1.54, 1.807) is 0 Å². The van der Waals surface area contributed by atoms with Crippen molar-refractivity contribution >= 4 is 16.6 Å². The van der Waals surface area contributed by atoms with Crippen molar-refractivity contribution in [1.82, 2.24) is 4.98 Å². The van der Waals surface area contributed by atoms with E-state index >= 15 is 0 Å². The Morgan fingerprint density at radius 2 is 2.21 bits per heavy atom. The summed E-state index contributed by atoms with van der Waals surface area (Å²) < 4.78 is 0. The zero-order chi connectivity index (χ0) is 13.2. The first kappa shape index (κ1) is 12.2. The smallest absolute Gasteiger partial charge is 0.257 e.